The Morgan fingerprint density at radius 1 is 1.43 bits per heavy atom. The Morgan fingerprint density at radius 3 is 3.05 bits per heavy atom. The Labute approximate surface area is 128 Å². The maximum Gasteiger partial charge on any atom is 0.230 e. The van der Waals surface area contributed by atoms with Crippen molar-refractivity contribution in [3.8, 4) is 0 Å². The molecule has 0 bridgehead atoms. The molecule has 0 radical (unpaired) electrons. The minimum absolute atomic E-state index is 0.113. The van der Waals surface area contributed by atoms with Crippen molar-refractivity contribution in [3.05, 3.63) is 47.1 Å². The number of aromatic nitrogens is 2. The van der Waals surface area contributed by atoms with E-state index in [1.807, 2.05) is 35.1 Å². The van der Waals surface area contributed by atoms with Crippen LogP contribution < -0.4 is 10.6 Å². The van der Waals surface area contributed by atoms with Crippen molar-refractivity contribution in [2.75, 3.05) is 18.4 Å². The monoisotopic (exact) mass is 304 g/mol. The highest BCUT2D eigenvalue weighted by atomic mass is 35.5. The van der Waals surface area contributed by atoms with Gasteiger partial charge in [-0.05, 0) is 24.6 Å². The van der Waals surface area contributed by atoms with Crippen LogP contribution >= 0.6 is 11.6 Å². The number of nitrogens with one attached hydrogen (secondary N) is 2. The van der Waals surface area contributed by atoms with Gasteiger partial charge in [0.2, 0.25) is 5.91 Å². The molecule has 0 aliphatic carbocycles. The number of hydrogen-bond donors (Lipinski definition) is 2. The lowest BCUT2D eigenvalue weighted by Crippen LogP contribution is -2.17. The first-order chi connectivity index (χ1) is 10.2. The summed E-state index contributed by atoms with van der Waals surface area (Å²) in [4.78, 5) is 12.0. The van der Waals surface area contributed by atoms with Crippen molar-refractivity contribution in [2.45, 2.75) is 18.9 Å². The standard InChI is InChI=1S/C15H17ClN4O/c16-13-4-2-1-3-11(13)9-15(21)18-14-6-8-20(19-14)12-5-7-17-10-12/h1-4,6,8,12,17H,5,7,9-10H2,(H,18,19,21)/t12-/m0/s1. The first-order valence-electron chi connectivity index (χ1n) is 7.01. The summed E-state index contributed by atoms with van der Waals surface area (Å²) >= 11 is 6.05. The molecule has 1 aliphatic heterocycles. The van der Waals surface area contributed by atoms with Crippen molar-refractivity contribution in [1.29, 1.82) is 0 Å². The van der Waals surface area contributed by atoms with Crippen molar-refractivity contribution in [3.63, 3.8) is 0 Å². The van der Waals surface area contributed by atoms with Gasteiger partial charge in [0, 0.05) is 23.8 Å². The fourth-order valence-corrected chi connectivity index (χ4v) is 2.68. The molecule has 0 saturated carbocycles. The molecule has 5 nitrogen and oxygen atoms in total. The van der Waals surface area contributed by atoms with Crippen LogP contribution in [0.25, 0.3) is 0 Å². The molecule has 2 aromatic rings. The average Bonchev–Trinajstić information content (AvgIpc) is 3.12. The summed E-state index contributed by atoms with van der Waals surface area (Å²) in [5.41, 5.74) is 0.816. The molecule has 2 heterocycles. The number of benzene rings is 1. The first kappa shape index (κ1) is 14.1. The molecule has 1 aliphatic rings. The lowest BCUT2D eigenvalue weighted by atomic mass is 10.1. The van der Waals surface area contributed by atoms with Gasteiger partial charge in [0.1, 0.15) is 0 Å². The van der Waals surface area contributed by atoms with Gasteiger partial charge in [0.25, 0.3) is 0 Å². The SMILES string of the molecule is O=C(Cc1ccccc1Cl)Nc1ccn([C@H]2CCNC2)n1. The Balaban J connectivity index is 1.61. The second kappa shape index (κ2) is 6.28. The number of hydrogen-bond acceptors (Lipinski definition) is 3. The number of anilines is 1. The Bertz CT molecular complexity index is 634. The fourth-order valence-electron chi connectivity index (χ4n) is 2.48. The van der Waals surface area contributed by atoms with Gasteiger partial charge in [0.05, 0.1) is 12.5 Å². The van der Waals surface area contributed by atoms with Gasteiger partial charge < -0.3 is 10.6 Å². The molecule has 1 saturated heterocycles. The lowest BCUT2D eigenvalue weighted by molar-refractivity contribution is -0.115. The number of carbonyl (C=O) groups excluding carboxylic acids is 1. The average molecular weight is 305 g/mol. The smallest absolute Gasteiger partial charge is 0.230 e. The molecule has 1 aromatic heterocycles. The zero-order valence-electron chi connectivity index (χ0n) is 11.6. The normalized spacial score (nSPS) is 17.9. The summed E-state index contributed by atoms with van der Waals surface area (Å²) in [5, 5.41) is 11.1. The third-order valence-corrected chi connectivity index (χ3v) is 3.96. The molecule has 3 rings (SSSR count). The summed E-state index contributed by atoms with van der Waals surface area (Å²) in [7, 11) is 0. The van der Waals surface area contributed by atoms with E-state index in [4.69, 9.17) is 11.6 Å². The second-order valence-electron chi connectivity index (χ2n) is 5.14. The zero-order chi connectivity index (χ0) is 14.7. The molecule has 6 heteroatoms. The van der Waals surface area contributed by atoms with Crippen LogP contribution in [0.15, 0.2) is 36.5 Å². The topological polar surface area (TPSA) is 59.0 Å². The summed E-state index contributed by atoms with van der Waals surface area (Å²) in [6.07, 6.45) is 3.22. The maximum absolute atomic E-state index is 12.0. The Hall–Kier alpha value is -1.85. The van der Waals surface area contributed by atoms with Gasteiger partial charge in [-0.25, -0.2) is 0 Å². The molecular formula is C15H17ClN4O. The van der Waals surface area contributed by atoms with Crippen LogP contribution in [0.3, 0.4) is 0 Å². The molecule has 0 spiro atoms. The van der Waals surface area contributed by atoms with E-state index < -0.39 is 0 Å². The fraction of sp³-hybridized carbons (Fsp3) is 0.333. The maximum atomic E-state index is 12.0. The van der Waals surface area contributed by atoms with Gasteiger partial charge in [-0.15, -0.1) is 0 Å². The van der Waals surface area contributed by atoms with Crippen LogP contribution in [-0.4, -0.2) is 28.8 Å². The first-order valence-corrected chi connectivity index (χ1v) is 7.39. The highest BCUT2D eigenvalue weighted by Gasteiger charge is 2.17. The van der Waals surface area contributed by atoms with E-state index in [-0.39, 0.29) is 12.3 Å². The molecule has 1 aromatic carbocycles. The molecule has 21 heavy (non-hydrogen) atoms. The summed E-state index contributed by atoms with van der Waals surface area (Å²) < 4.78 is 1.91. The summed E-state index contributed by atoms with van der Waals surface area (Å²) in [5.74, 6) is 0.469. The van der Waals surface area contributed by atoms with E-state index in [9.17, 15) is 4.79 Å². The van der Waals surface area contributed by atoms with Crippen LogP contribution in [0.5, 0.6) is 0 Å². The van der Waals surface area contributed by atoms with Crippen molar-refractivity contribution in [1.82, 2.24) is 15.1 Å². The van der Waals surface area contributed by atoms with Crippen LogP contribution in [0.1, 0.15) is 18.0 Å². The van der Waals surface area contributed by atoms with Crippen molar-refractivity contribution >= 4 is 23.3 Å². The third-order valence-electron chi connectivity index (χ3n) is 3.59. The van der Waals surface area contributed by atoms with Crippen molar-refractivity contribution in [2.24, 2.45) is 0 Å². The molecule has 2 N–H and O–H groups in total. The van der Waals surface area contributed by atoms with E-state index >= 15 is 0 Å². The summed E-state index contributed by atoms with van der Waals surface area (Å²) in [6, 6.07) is 9.55. The number of rotatable bonds is 4. The van der Waals surface area contributed by atoms with E-state index in [2.05, 4.69) is 15.7 Å². The van der Waals surface area contributed by atoms with Crippen LogP contribution in [0.4, 0.5) is 5.82 Å². The lowest BCUT2D eigenvalue weighted by Gasteiger charge is -2.08. The second-order valence-corrected chi connectivity index (χ2v) is 5.55. The molecular weight excluding hydrogens is 288 g/mol. The zero-order valence-corrected chi connectivity index (χ0v) is 12.3. The minimum atomic E-state index is -0.113. The van der Waals surface area contributed by atoms with E-state index in [0.717, 1.165) is 25.1 Å². The summed E-state index contributed by atoms with van der Waals surface area (Å²) in [6.45, 7) is 1.94. The van der Waals surface area contributed by atoms with Gasteiger partial charge in [-0.1, -0.05) is 29.8 Å². The molecule has 110 valence electrons. The van der Waals surface area contributed by atoms with Crippen LogP contribution in [0.2, 0.25) is 5.02 Å². The number of amides is 1. The number of nitrogens with zero attached hydrogens (tertiary/aromatic N) is 2. The van der Waals surface area contributed by atoms with Crippen LogP contribution in [0, 0.1) is 0 Å². The molecule has 1 fully saturated rings. The van der Waals surface area contributed by atoms with Gasteiger partial charge in [0.15, 0.2) is 5.82 Å². The third kappa shape index (κ3) is 3.43. The minimum Gasteiger partial charge on any atom is -0.315 e. The highest BCUT2D eigenvalue weighted by molar-refractivity contribution is 6.31. The molecule has 0 unspecified atom stereocenters. The van der Waals surface area contributed by atoms with Gasteiger partial charge in [-0.2, -0.15) is 5.10 Å². The molecule has 1 amide bonds. The van der Waals surface area contributed by atoms with E-state index in [1.54, 1.807) is 6.07 Å². The van der Waals surface area contributed by atoms with Gasteiger partial charge in [-0.3, -0.25) is 9.48 Å². The quantitative estimate of drug-likeness (QED) is 0.911. The predicted molar refractivity (Wildman–Crippen MR) is 82.5 cm³/mol. The number of carbonyl (C=O) groups is 1. The Kier molecular flexibility index (Phi) is 4.22. The Morgan fingerprint density at radius 2 is 2.29 bits per heavy atom. The van der Waals surface area contributed by atoms with Gasteiger partial charge >= 0.3 is 0 Å². The van der Waals surface area contributed by atoms with Crippen LogP contribution in [-0.2, 0) is 11.2 Å². The van der Waals surface area contributed by atoms with E-state index in [0.29, 0.717) is 16.9 Å². The van der Waals surface area contributed by atoms with Crippen molar-refractivity contribution < 1.29 is 4.79 Å². The predicted octanol–water partition coefficient (Wildman–Crippen LogP) is 2.25. The van der Waals surface area contributed by atoms with E-state index in [1.165, 1.54) is 0 Å². The largest absolute Gasteiger partial charge is 0.315 e. The highest BCUT2D eigenvalue weighted by Crippen LogP contribution is 2.17. The molecule has 1 atom stereocenters. The number of halogens is 1.